The minimum Gasteiger partial charge on any atom is -0.481 e. The first-order valence-corrected chi connectivity index (χ1v) is 12.8. The summed E-state index contributed by atoms with van der Waals surface area (Å²) in [6.45, 7) is 1.36. The van der Waals surface area contributed by atoms with Crippen LogP contribution in [0.5, 0.6) is 5.88 Å². The SMILES string of the molecule is COc1cc2cnn(C(=O)Cc3ccsc3)c(=O)c2c(N2CCC(CCP(O)O)CC2)n1. The van der Waals surface area contributed by atoms with E-state index in [1.54, 1.807) is 6.07 Å². The number of aromatic nitrogens is 3. The van der Waals surface area contributed by atoms with Crippen molar-refractivity contribution in [3.8, 4) is 5.88 Å². The van der Waals surface area contributed by atoms with Crippen LogP contribution in [0, 0.1) is 5.92 Å². The standard InChI is InChI=1S/C21H25N4O5PS/c1-30-17-11-16-12-22-25(18(26)10-15-5-9-32-13-15)21(27)19(16)20(23-17)24-6-2-14(3-7-24)4-8-31(28)29/h5,9,11-14,28-29H,2-4,6-8,10H2,1H3. The van der Waals surface area contributed by atoms with Gasteiger partial charge in [0.25, 0.3) is 11.5 Å². The van der Waals surface area contributed by atoms with Crippen molar-refractivity contribution in [1.82, 2.24) is 14.8 Å². The Morgan fingerprint density at radius 1 is 1.34 bits per heavy atom. The molecule has 0 aliphatic carbocycles. The van der Waals surface area contributed by atoms with Crippen LogP contribution in [0.3, 0.4) is 0 Å². The topological polar surface area (TPSA) is 118 Å². The molecule has 0 radical (unpaired) electrons. The van der Waals surface area contributed by atoms with E-state index in [1.807, 2.05) is 21.7 Å². The predicted octanol–water partition coefficient (Wildman–Crippen LogP) is 2.65. The summed E-state index contributed by atoms with van der Waals surface area (Å²) in [5, 5.41) is 8.81. The van der Waals surface area contributed by atoms with Gasteiger partial charge in [0, 0.05) is 30.7 Å². The molecule has 0 atom stereocenters. The van der Waals surface area contributed by atoms with Gasteiger partial charge in [-0.15, -0.1) is 0 Å². The van der Waals surface area contributed by atoms with Gasteiger partial charge in [0.1, 0.15) is 5.82 Å². The van der Waals surface area contributed by atoms with Crippen molar-refractivity contribution in [2.24, 2.45) is 5.92 Å². The van der Waals surface area contributed by atoms with E-state index in [-0.39, 0.29) is 12.3 Å². The highest BCUT2D eigenvalue weighted by atomic mass is 32.1. The summed E-state index contributed by atoms with van der Waals surface area (Å²) in [5.41, 5.74) is 0.361. The second kappa shape index (κ2) is 10.0. The molecule has 3 aromatic heterocycles. The highest BCUT2D eigenvalue weighted by molar-refractivity contribution is 7.45. The van der Waals surface area contributed by atoms with Gasteiger partial charge in [-0.1, -0.05) is 0 Å². The van der Waals surface area contributed by atoms with Gasteiger partial charge >= 0.3 is 0 Å². The number of thiophene rings is 1. The maximum atomic E-state index is 13.3. The Kier molecular flexibility index (Phi) is 7.15. The average Bonchev–Trinajstić information content (AvgIpc) is 3.30. The Morgan fingerprint density at radius 3 is 2.78 bits per heavy atom. The fraction of sp³-hybridized carbons (Fsp3) is 0.429. The van der Waals surface area contributed by atoms with Crippen LogP contribution in [-0.4, -0.2) is 56.8 Å². The molecule has 2 N–H and O–H groups in total. The number of ether oxygens (including phenoxy) is 1. The second-order valence-corrected chi connectivity index (χ2v) is 9.80. The fourth-order valence-corrected chi connectivity index (χ4v) is 5.28. The lowest BCUT2D eigenvalue weighted by atomic mass is 9.94. The van der Waals surface area contributed by atoms with Gasteiger partial charge < -0.3 is 19.4 Å². The highest BCUT2D eigenvalue weighted by Crippen LogP contribution is 2.33. The number of rotatable bonds is 7. The maximum absolute atomic E-state index is 13.3. The molecule has 1 fully saturated rings. The van der Waals surface area contributed by atoms with Crippen LogP contribution >= 0.6 is 19.7 Å². The highest BCUT2D eigenvalue weighted by Gasteiger charge is 2.25. The lowest BCUT2D eigenvalue weighted by Crippen LogP contribution is -2.36. The third kappa shape index (κ3) is 4.99. The van der Waals surface area contributed by atoms with Crippen molar-refractivity contribution < 1.29 is 19.3 Å². The Morgan fingerprint density at radius 2 is 2.12 bits per heavy atom. The van der Waals surface area contributed by atoms with Crippen LogP contribution in [-0.2, 0) is 6.42 Å². The van der Waals surface area contributed by atoms with Crippen LogP contribution in [0.25, 0.3) is 10.8 Å². The van der Waals surface area contributed by atoms with Gasteiger partial charge in [0.05, 0.1) is 25.1 Å². The van der Waals surface area contributed by atoms with Gasteiger partial charge in [-0.05, 0) is 47.6 Å². The molecule has 0 spiro atoms. The minimum atomic E-state index is -1.86. The number of hydrogen-bond acceptors (Lipinski definition) is 9. The quantitative estimate of drug-likeness (QED) is 0.500. The minimum absolute atomic E-state index is 0.102. The third-order valence-electron chi connectivity index (χ3n) is 5.76. The van der Waals surface area contributed by atoms with E-state index in [9.17, 15) is 19.4 Å². The summed E-state index contributed by atoms with van der Waals surface area (Å²) < 4.78 is 6.26. The fourth-order valence-electron chi connectivity index (χ4n) is 4.01. The first-order valence-electron chi connectivity index (χ1n) is 10.4. The lowest BCUT2D eigenvalue weighted by molar-refractivity contribution is 0.0893. The Labute approximate surface area is 190 Å². The first kappa shape index (κ1) is 22.8. The summed E-state index contributed by atoms with van der Waals surface area (Å²) in [6.07, 6.45) is 4.52. The molecule has 170 valence electrons. The van der Waals surface area contributed by atoms with Crippen molar-refractivity contribution in [2.75, 3.05) is 31.3 Å². The van der Waals surface area contributed by atoms with Crippen molar-refractivity contribution in [3.05, 3.63) is 45.0 Å². The van der Waals surface area contributed by atoms with Gasteiger partial charge in [-0.2, -0.15) is 26.1 Å². The predicted molar refractivity (Wildman–Crippen MR) is 125 cm³/mol. The largest absolute Gasteiger partial charge is 0.481 e. The van der Waals surface area contributed by atoms with E-state index >= 15 is 0 Å². The molecule has 3 aromatic rings. The van der Waals surface area contributed by atoms with E-state index < -0.39 is 13.9 Å². The number of pyridine rings is 1. The lowest BCUT2D eigenvalue weighted by Gasteiger charge is -2.33. The van der Waals surface area contributed by atoms with Gasteiger partial charge in [0.2, 0.25) is 5.88 Å². The summed E-state index contributed by atoms with van der Waals surface area (Å²) in [4.78, 5) is 51.1. The molecule has 1 saturated heterocycles. The zero-order chi connectivity index (χ0) is 22.7. The van der Waals surface area contributed by atoms with E-state index in [4.69, 9.17) is 4.74 Å². The number of fused-ring (bicyclic) bond motifs is 1. The summed E-state index contributed by atoms with van der Waals surface area (Å²) in [5.74, 6) is 0.886. The van der Waals surface area contributed by atoms with E-state index in [0.29, 0.717) is 47.6 Å². The number of anilines is 1. The smallest absolute Gasteiger partial charge is 0.285 e. The Hall–Kier alpha value is -2.39. The van der Waals surface area contributed by atoms with Crippen LogP contribution in [0.15, 0.2) is 33.9 Å². The third-order valence-corrected chi connectivity index (χ3v) is 7.15. The number of nitrogens with zero attached hydrogens (tertiary/aromatic N) is 4. The monoisotopic (exact) mass is 476 g/mol. The molecule has 32 heavy (non-hydrogen) atoms. The van der Waals surface area contributed by atoms with E-state index in [0.717, 1.165) is 29.5 Å². The molecule has 11 heteroatoms. The van der Waals surface area contributed by atoms with E-state index in [2.05, 4.69) is 10.1 Å². The number of methoxy groups -OCH3 is 1. The Balaban J connectivity index is 1.65. The van der Waals surface area contributed by atoms with Crippen LogP contribution < -0.4 is 15.2 Å². The molecule has 4 heterocycles. The molecule has 0 bridgehead atoms. The number of carbonyl (C=O) groups excluding carboxylic acids is 1. The molecule has 9 nitrogen and oxygen atoms in total. The van der Waals surface area contributed by atoms with Crippen LogP contribution in [0.1, 0.15) is 29.6 Å². The van der Waals surface area contributed by atoms with Gasteiger partial charge in [-0.3, -0.25) is 9.59 Å². The normalized spacial score (nSPS) is 14.9. The Bertz CT molecular complexity index is 1140. The second-order valence-electron chi connectivity index (χ2n) is 7.83. The molecule has 1 aliphatic rings. The van der Waals surface area contributed by atoms with E-state index in [1.165, 1.54) is 24.6 Å². The van der Waals surface area contributed by atoms with Crippen molar-refractivity contribution >= 4 is 42.2 Å². The van der Waals surface area contributed by atoms with Crippen molar-refractivity contribution in [1.29, 1.82) is 0 Å². The molecular formula is C21H25N4O5PS. The number of hydrogen-bond donors (Lipinski definition) is 2. The zero-order valence-electron chi connectivity index (χ0n) is 17.7. The summed E-state index contributed by atoms with van der Waals surface area (Å²) >= 11 is 1.50. The average molecular weight is 476 g/mol. The van der Waals surface area contributed by atoms with Gasteiger partial charge in [0.15, 0.2) is 8.38 Å². The molecule has 0 amide bonds. The molecular weight excluding hydrogens is 451 g/mol. The van der Waals surface area contributed by atoms with Crippen molar-refractivity contribution in [3.63, 3.8) is 0 Å². The molecule has 0 aromatic carbocycles. The molecule has 0 saturated carbocycles. The molecule has 1 aliphatic heterocycles. The molecule has 4 rings (SSSR count). The number of piperidine rings is 1. The zero-order valence-corrected chi connectivity index (χ0v) is 19.4. The molecule has 0 unspecified atom stereocenters. The summed E-state index contributed by atoms with van der Waals surface area (Å²) in [6, 6.07) is 3.51. The van der Waals surface area contributed by atoms with Crippen molar-refractivity contribution in [2.45, 2.75) is 25.7 Å². The van der Waals surface area contributed by atoms with Crippen LogP contribution in [0.2, 0.25) is 0 Å². The van der Waals surface area contributed by atoms with Crippen LogP contribution in [0.4, 0.5) is 5.82 Å². The maximum Gasteiger partial charge on any atom is 0.285 e. The first-order chi connectivity index (χ1) is 15.5. The summed E-state index contributed by atoms with van der Waals surface area (Å²) in [7, 11) is -0.346. The number of carbonyl (C=O) groups is 1. The van der Waals surface area contributed by atoms with Gasteiger partial charge in [-0.25, -0.2) is 0 Å².